The van der Waals surface area contributed by atoms with E-state index in [4.69, 9.17) is 5.73 Å². The molecule has 146 valence electrons. The van der Waals surface area contributed by atoms with Gasteiger partial charge in [-0.25, -0.2) is 0 Å². The first-order valence-electron chi connectivity index (χ1n) is 9.67. The lowest BCUT2D eigenvalue weighted by atomic mass is 9.45. The molecule has 5 atom stereocenters. The van der Waals surface area contributed by atoms with Crippen molar-refractivity contribution in [1.82, 2.24) is 0 Å². The van der Waals surface area contributed by atoms with Crippen LogP contribution in [-0.4, -0.2) is 16.9 Å². The predicted octanol–water partition coefficient (Wildman–Crippen LogP) is 5.12. The lowest BCUT2D eigenvalue weighted by molar-refractivity contribution is -0.0865. The molecular formula is C22H34ClNO2. The summed E-state index contributed by atoms with van der Waals surface area (Å²) in [6.45, 7) is 11.1. The number of hydrogen-bond donors (Lipinski definition) is 2. The van der Waals surface area contributed by atoms with Crippen LogP contribution in [0.1, 0.15) is 69.3 Å². The fraction of sp³-hybridized carbons (Fsp3) is 0.682. The number of phenolic OH excluding ortho intramolecular Hbond substituents is 1. The zero-order valence-electron chi connectivity index (χ0n) is 16.7. The van der Waals surface area contributed by atoms with Gasteiger partial charge in [0.2, 0.25) is 0 Å². The molecule has 2 aliphatic rings. The second-order valence-electron chi connectivity index (χ2n) is 9.56. The van der Waals surface area contributed by atoms with Crippen LogP contribution in [-0.2, 0) is 0 Å². The molecule has 1 aromatic rings. The Labute approximate surface area is 164 Å². The zero-order valence-corrected chi connectivity index (χ0v) is 17.5. The highest BCUT2D eigenvalue weighted by Crippen LogP contribution is 2.61. The quantitative estimate of drug-likeness (QED) is 0.701. The maximum atomic E-state index is 13.6. The normalized spacial score (nSPS) is 35.9. The van der Waals surface area contributed by atoms with Crippen LogP contribution >= 0.6 is 12.4 Å². The number of aromatic hydroxyl groups is 1. The molecule has 2 saturated carbocycles. The SMILES string of the molecule is Cc1cc(O)cc(C(=O)[C@H]2C(C)C(N)C[C@H]3C(C)(C)CCC[C@@]23C)c1.Cl. The van der Waals surface area contributed by atoms with Gasteiger partial charge in [-0.1, -0.05) is 34.1 Å². The fourth-order valence-corrected chi connectivity index (χ4v) is 6.08. The lowest BCUT2D eigenvalue weighted by Gasteiger charge is -2.60. The number of carbonyl (C=O) groups excluding carboxylic acids is 1. The Morgan fingerprint density at radius 3 is 2.46 bits per heavy atom. The highest BCUT2D eigenvalue weighted by molar-refractivity contribution is 5.99. The smallest absolute Gasteiger partial charge is 0.166 e. The van der Waals surface area contributed by atoms with E-state index in [9.17, 15) is 9.90 Å². The first kappa shape index (κ1) is 21.2. The van der Waals surface area contributed by atoms with E-state index >= 15 is 0 Å². The van der Waals surface area contributed by atoms with Gasteiger partial charge in [0.15, 0.2) is 5.78 Å². The summed E-state index contributed by atoms with van der Waals surface area (Å²) in [4.78, 5) is 13.6. The number of carbonyl (C=O) groups is 1. The third-order valence-electron chi connectivity index (χ3n) is 7.32. The number of ketones is 1. The van der Waals surface area contributed by atoms with E-state index < -0.39 is 0 Å². The van der Waals surface area contributed by atoms with Crippen LogP contribution in [0.2, 0.25) is 0 Å². The topological polar surface area (TPSA) is 63.3 Å². The van der Waals surface area contributed by atoms with Gasteiger partial charge in [-0.15, -0.1) is 12.4 Å². The average molecular weight is 380 g/mol. The number of nitrogens with two attached hydrogens (primary N) is 1. The maximum absolute atomic E-state index is 13.6. The van der Waals surface area contributed by atoms with Gasteiger partial charge in [-0.2, -0.15) is 0 Å². The van der Waals surface area contributed by atoms with Crippen LogP contribution in [0, 0.1) is 35.5 Å². The van der Waals surface area contributed by atoms with E-state index in [-0.39, 0.29) is 52.6 Å². The summed E-state index contributed by atoms with van der Waals surface area (Å²) in [6, 6.07) is 5.28. The van der Waals surface area contributed by atoms with Crippen LogP contribution in [0.3, 0.4) is 0 Å². The van der Waals surface area contributed by atoms with Crippen molar-refractivity contribution < 1.29 is 9.90 Å². The Balaban J connectivity index is 0.00000243. The summed E-state index contributed by atoms with van der Waals surface area (Å²) in [6.07, 6.45) is 4.48. The molecule has 0 aromatic heterocycles. The molecule has 0 bridgehead atoms. The number of hydrogen-bond acceptors (Lipinski definition) is 3. The van der Waals surface area contributed by atoms with Gasteiger partial charge in [0.1, 0.15) is 5.75 Å². The molecule has 2 aliphatic carbocycles. The van der Waals surface area contributed by atoms with Crippen LogP contribution in [0.25, 0.3) is 0 Å². The Kier molecular flexibility index (Phi) is 5.85. The first-order valence-corrected chi connectivity index (χ1v) is 9.67. The van der Waals surface area contributed by atoms with E-state index in [1.54, 1.807) is 12.1 Å². The van der Waals surface area contributed by atoms with Crippen LogP contribution in [0.15, 0.2) is 18.2 Å². The summed E-state index contributed by atoms with van der Waals surface area (Å²) in [7, 11) is 0. The van der Waals surface area contributed by atoms with Gasteiger partial charge in [-0.3, -0.25) is 4.79 Å². The Morgan fingerprint density at radius 1 is 1.19 bits per heavy atom. The second kappa shape index (κ2) is 7.16. The van der Waals surface area contributed by atoms with Gasteiger partial charge < -0.3 is 10.8 Å². The van der Waals surface area contributed by atoms with Crippen molar-refractivity contribution in [3.63, 3.8) is 0 Å². The lowest BCUT2D eigenvalue weighted by Crippen LogP contribution is -2.59. The fourth-order valence-electron chi connectivity index (χ4n) is 6.08. The summed E-state index contributed by atoms with van der Waals surface area (Å²) >= 11 is 0. The van der Waals surface area contributed by atoms with Crippen LogP contribution in [0.5, 0.6) is 5.75 Å². The van der Waals surface area contributed by atoms with Crippen molar-refractivity contribution in [3.05, 3.63) is 29.3 Å². The van der Waals surface area contributed by atoms with Crippen molar-refractivity contribution in [1.29, 1.82) is 0 Å². The van der Waals surface area contributed by atoms with Gasteiger partial charge >= 0.3 is 0 Å². The number of aryl methyl sites for hydroxylation is 1. The third kappa shape index (κ3) is 3.41. The highest BCUT2D eigenvalue weighted by Gasteiger charge is 2.57. The van der Waals surface area contributed by atoms with Crippen LogP contribution in [0.4, 0.5) is 0 Å². The number of rotatable bonds is 2. The first-order chi connectivity index (χ1) is 11.6. The maximum Gasteiger partial charge on any atom is 0.166 e. The van der Waals surface area contributed by atoms with E-state index in [2.05, 4.69) is 27.7 Å². The van der Waals surface area contributed by atoms with Crippen molar-refractivity contribution in [3.8, 4) is 5.75 Å². The molecule has 3 rings (SSSR count). The monoisotopic (exact) mass is 379 g/mol. The number of benzene rings is 1. The predicted molar refractivity (Wildman–Crippen MR) is 109 cm³/mol. The Morgan fingerprint density at radius 2 is 1.85 bits per heavy atom. The molecule has 0 aliphatic heterocycles. The van der Waals surface area contributed by atoms with Gasteiger partial charge in [0.05, 0.1) is 0 Å². The molecule has 0 saturated heterocycles. The molecular weight excluding hydrogens is 346 g/mol. The van der Waals surface area contributed by atoms with Gasteiger partial charge in [0.25, 0.3) is 0 Å². The molecule has 1 aromatic carbocycles. The van der Waals surface area contributed by atoms with E-state index in [0.29, 0.717) is 11.5 Å². The number of halogens is 1. The van der Waals surface area contributed by atoms with Gasteiger partial charge in [0, 0.05) is 17.5 Å². The largest absolute Gasteiger partial charge is 0.508 e. The van der Waals surface area contributed by atoms with Crippen LogP contribution < -0.4 is 5.73 Å². The van der Waals surface area contributed by atoms with Crippen molar-refractivity contribution in [2.24, 2.45) is 34.3 Å². The van der Waals surface area contributed by atoms with Gasteiger partial charge in [-0.05, 0) is 72.6 Å². The molecule has 26 heavy (non-hydrogen) atoms. The molecule has 0 amide bonds. The van der Waals surface area contributed by atoms with E-state index in [0.717, 1.165) is 18.4 Å². The highest BCUT2D eigenvalue weighted by atomic mass is 35.5. The standard InChI is InChI=1S/C22H33NO2.ClH/c1-13-9-15(11-16(24)10-13)20(25)19-14(2)17(23)12-18-21(3,4)7-6-8-22(18,19)5;/h9-11,14,17-19,24H,6-8,12,23H2,1-5H3;1H/t14?,17?,18-,19+,22+;/m0./s1. The Hall–Kier alpha value is -1.06. The molecule has 3 N–H and O–H groups in total. The molecule has 0 heterocycles. The molecule has 3 nitrogen and oxygen atoms in total. The molecule has 0 radical (unpaired) electrons. The summed E-state index contributed by atoms with van der Waals surface area (Å²) in [5, 5.41) is 9.96. The number of fused-ring (bicyclic) bond motifs is 1. The summed E-state index contributed by atoms with van der Waals surface area (Å²) in [5.74, 6) is 0.869. The minimum Gasteiger partial charge on any atom is -0.508 e. The Bertz CT molecular complexity index is 666. The molecule has 0 spiro atoms. The minimum absolute atomic E-state index is 0. The van der Waals surface area contributed by atoms with E-state index in [1.807, 2.05) is 13.0 Å². The van der Waals surface area contributed by atoms with E-state index in [1.165, 1.54) is 12.8 Å². The summed E-state index contributed by atoms with van der Waals surface area (Å²) < 4.78 is 0. The van der Waals surface area contributed by atoms with Crippen molar-refractivity contribution in [2.45, 2.75) is 66.3 Å². The number of Topliss-reactive ketones (excluding diaryl/α,β-unsaturated/α-hetero) is 1. The zero-order chi connectivity index (χ0) is 18.6. The van der Waals surface area contributed by atoms with Crippen molar-refractivity contribution >= 4 is 18.2 Å². The summed E-state index contributed by atoms with van der Waals surface area (Å²) in [5.41, 5.74) is 8.28. The van der Waals surface area contributed by atoms with Crippen molar-refractivity contribution in [2.75, 3.05) is 0 Å². The molecule has 4 heteroatoms. The minimum atomic E-state index is -0.0815. The number of phenols is 1. The second-order valence-corrected chi connectivity index (χ2v) is 9.56. The third-order valence-corrected chi connectivity index (χ3v) is 7.32. The molecule has 2 unspecified atom stereocenters. The molecule has 2 fully saturated rings. The average Bonchev–Trinajstić information content (AvgIpc) is 2.48.